The van der Waals surface area contributed by atoms with E-state index in [1.165, 1.54) is 148 Å². The molecule has 0 aromatic rings. The molecule has 2 rings (SSSR count). The Hall–Kier alpha value is -0.0800. The maximum atomic E-state index is 6.74. The monoisotopic (exact) mass is 448 g/mol. The number of nitrogens with two attached hydrogens (primary N) is 2. The largest absolute Gasteiger partial charge is 0.330 e. The van der Waals surface area contributed by atoms with Gasteiger partial charge >= 0.3 is 0 Å². The van der Waals surface area contributed by atoms with E-state index in [0.717, 1.165) is 30.2 Å². The van der Waals surface area contributed by atoms with Crippen molar-refractivity contribution < 1.29 is 0 Å². The summed E-state index contributed by atoms with van der Waals surface area (Å²) in [6.07, 6.45) is 33.0. The minimum absolute atomic E-state index is 0.356. The highest BCUT2D eigenvalue weighted by Gasteiger charge is 2.32. The lowest BCUT2D eigenvalue weighted by atomic mass is 9.68. The van der Waals surface area contributed by atoms with Crippen LogP contribution in [0.4, 0.5) is 0 Å². The average molecular weight is 449 g/mol. The molecule has 0 bridgehead atoms. The van der Waals surface area contributed by atoms with Crippen LogP contribution in [0.5, 0.6) is 0 Å². The molecular weight excluding hydrogens is 388 g/mol. The van der Waals surface area contributed by atoms with Gasteiger partial charge in [0, 0.05) is 6.04 Å². The van der Waals surface area contributed by atoms with Crippen molar-refractivity contribution in [3.05, 3.63) is 0 Å². The SMILES string of the molecule is CC(N)C1CCCCCCCCCCC1C1CCCCCCCCCCC(CCCN)C1. The van der Waals surface area contributed by atoms with Crippen LogP contribution >= 0.6 is 0 Å². The minimum atomic E-state index is 0.356. The molecule has 5 unspecified atom stereocenters. The Morgan fingerprint density at radius 2 is 1.09 bits per heavy atom. The van der Waals surface area contributed by atoms with Crippen molar-refractivity contribution in [3.8, 4) is 0 Å². The highest BCUT2D eigenvalue weighted by molar-refractivity contribution is 4.84. The van der Waals surface area contributed by atoms with Gasteiger partial charge in [-0.15, -0.1) is 0 Å². The summed E-state index contributed by atoms with van der Waals surface area (Å²) in [5.74, 6) is 3.40. The van der Waals surface area contributed by atoms with E-state index in [9.17, 15) is 0 Å². The normalized spacial score (nSPS) is 32.3. The van der Waals surface area contributed by atoms with Crippen molar-refractivity contribution in [1.29, 1.82) is 0 Å². The molecule has 4 N–H and O–H groups in total. The molecule has 0 aromatic carbocycles. The third-order valence-electron chi connectivity index (χ3n) is 9.05. The smallest absolute Gasteiger partial charge is 0.00415 e. The molecule has 190 valence electrons. The van der Waals surface area contributed by atoms with E-state index in [-0.39, 0.29) is 0 Å². The van der Waals surface area contributed by atoms with E-state index >= 15 is 0 Å². The lowest BCUT2D eigenvalue weighted by Crippen LogP contribution is -2.37. The predicted molar refractivity (Wildman–Crippen MR) is 143 cm³/mol. The van der Waals surface area contributed by atoms with Crippen LogP contribution in [-0.4, -0.2) is 12.6 Å². The van der Waals surface area contributed by atoms with Crippen molar-refractivity contribution in [2.75, 3.05) is 6.54 Å². The standard InChI is InChI=1S/C30H60N2/c1-26(32)29-22-16-12-8-4-5-9-13-17-23-30(29)28-21-15-11-7-3-2-6-10-14-19-27(25-28)20-18-24-31/h26-30H,2-25,31-32H2,1H3. The molecule has 2 fully saturated rings. The van der Waals surface area contributed by atoms with Crippen molar-refractivity contribution in [3.63, 3.8) is 0 Å². The predicted octanol–water partition coefficient (Wildman–Crippen LogP) is 8.76. The quantitative estimate of drug-likeness (QED) is 0.441. The van der Waals surface area contributed by atoms with E-state index in [4.69, 9.17) is 11.5 Å². The second-order valence-corrected chi connectivity index (χ2v) is 11.8. The Labute approximate surface area is 202 Å². The van der Waals surface area contributed by atoms with Crippen molar-refractivity contribution in [2.45, 2.75) is 161 Å². The topological polar surface area (TPSA) is 52.0 Å². The second-order valence-electron chi connectivity index (χ2n) is 11.8. The molecule has 2 aliphatic carbocycles. The average Bonchev–Trinajstić information content (AvgIpc) is 2.79. The summed E-state index contributed by atoms with van der Waals surface area (Å²) < 4.78 is 0. The molecule has 2 heteroatoms. The van der Waals surface area contributed by atoms with Crippen LogP contribution in [0.2, 0.25) is 0 Å². The first-order valence-electron chi connectivity index (χ1n) is 15.2. The van der Waals surface area contributed by atoms with Gasteiger partial charge < -0.3 is 11.5 Å². The summed E-state index contributed by atoms with van der Waals surface area (Å²) in [7, 11) is 0. The molecule has 0 saturated heterocycles. The molecule has 2 aliphatic rings. The van der Waals surface area contributed by atoms with Crippen LogP contribution < -0.4 is 11.5 Å². The van der Waals surface area contributed by atoms with Gasteiger partial charge in [0.05, 0.1) is 0 Å². The van der Waals surface area contributed by atoms with Gasteiger partial charge in [-0.1, -0.05) is 116 Å². The first-order chi connectivity index (χ1) is 15.7. The number of hydrogen-bond donors (Lipinski definition) is 2. The van der Waals surface area contributed by atoms with Crippen LogP contribution in [0.25, 0.3) is 0 Å². The Morgan fingerprint density at radius 1 is 0.625 bits per heavy atom. The zero-order valence-corrected chi connectivity index (χ0v) is 22.0. The van der Waals surface area contributed by atoms with Gasteiger partial charge in [0.1, 0.15) is 0 Å². The summed E-state index contributed by atoms with van der Waals surface area (Å²) in [6, 6.07) is 0.356. The molecule has 2 saturated carbocycles. The third-order valence-corrected chi connectivity index (χ3v) is 9.05. The molecule has 0 aliphatic heterocycles. The fraction of sp³-hybridized carbons (Fsp3) is 1.00. The van der Waals surface area contributed by atoms with Crippen LogP contribution in [0, 0.1) is 23.7 Å². The highest BCUT2D eigenvalue weighted by atomic mass is 14.6. The Morgan fingerprint density at radius 3 is 1.62 bits per heavy atom. The zero-order chi connectivity index (χ0) is 22.9. The van der Waals surface area contributed by atoms with Gasteiger partial charge in [-0.2, -0.15) is 0 Å². The molecule has 5 atom stereocenters. The molecule has 32 heavy (non-hydrogen) atoms. The molecule has 2 nitrogen and oxygen atoms in total. The summed E-state index contributed by atoms with van der Waals surface area (Å²) in [4.78, 5) is 0. The summed E-state index contributed by atoms with van der Waals surface area (Å²) in [5, 5.41) is 0. The maximum Gasteiger partial charge on any atom is 0.00415 e. The Bertz CT molecular complexity index is 421. The summed E-state index contributed by atoms with van der Waals surface area (Å²) in [5.41, 5.74) is 12.7. The lowest BCUT2D eigenvalue weighted by Gasteiger charge is -2.38. The maximum absolute atomic E-state index is 6.74. The van der Waals surface area contributed by atoms with Crippen LogP contribution in [-0.2, 0) is 0 Å². The molecule has 0 aromatic heterocycles. The van der Waals surface area contributed by atoms with E-state index in [1.54, 1.807) is 0 Å². The fourth-order valence-electron chi connectivity index (χ4n) is 7.11. The van der Waals surface area contributed by atoms with Crippen LogP contribution in [0.1, 0.15) is 155 Å². The first kappa shape index (κ1) is 28.2. The highest BCUT2D eigenvalue weighted by Crippen LogP contribution is 2.40. The Balaban J connectivity index is 2.16. The van der Waals surface area contributed by atoms with Crippen LogP contribution in [0.3, 0.4) is 0 Å². The number of rotatable bonds is 5. The zero-order valence-electron chi connectivity index (χ0n) is 22.0. The Kier molecular flexibility index (Phi) is 16.1. The summed E-state index contributed by atoms with van der Waals surface area (Å²) >= 11 is 0. The van der Waals surface area contributed by atoms with Gasteiger partial charge in [0.2, 0.25) is 0 Å². The van der Waals surface area contributed by atoms with E-state index in [2.05, 4.69) is 6.92 Å². The van der Waals surface area contributed by atoms with Gasteiger partial charge in [-0.25, -0.2) is 0 Å². The van der Waals surface area contributed by atoms with Crippen LogP contribution in [0.15, 0.2) is 0 Å². The molecule has 0 amide bonds. The van der Waals surface area contributed by atoms with Gasteiger partial charge in [-0.05, 0) is 69.2 Å². The third kappa shape index (κ3) is 11.9. The van der Waals surface area contributed by atoms with Gasteiger partial charge in [0.25, 0.3) is 0 Å². The molecular formula is C30H60N2. The van der Waals surface area contributed by atoms with Crippen molar-refractivity contribution in [2.24, 2.45) is 35.1 Å². The number of hydrogen-bond acceptors (Lipinski definition) is 2. The lowest BCUT2D eigenvalue weighted by molar-refractivity contribution is 0.131. The first-order valence-corrected chi connectivity index (χ1v) is 15.2. The fourth-order valence-corrected chi connectivity index (χ4v) is 7.11. The van der Waals surface area contributed by atoms with E-state index < -0.39 is 0 Å². The minimum Gasteiger partial charge on any atom is -0.330 e. The van der Waals surface area contributed by atoms with Crippen molar-refractivity contribution in [1.82, 2.24) is 0 Å². The van der Waals surface area contributed by atoms with E-state index in [1.807, 2.05) is 0 Å². The molecule has 0 radical (unpaired) electrons. The summed E-state index contributed by atoms with van der Waals surface area (Å²) in [6.45, 7) is 3.20. The van der Waals surface area contributed by atoms with E-state index in [0.29, 0.717) is 6.04 Å². The van der Waals surface area contributed by atoms with Gasteiger partial charge in [0.15, 0.2) is 0 Å². The second kappa shape index (κ2) is 18.3. The van der Waals surface area contributed by atoms with Gasteiger partial charge in [-0.3, -0.25) is 0 Å². The molecule has 0 spiro atoms. The molecule has 0 heterocycles. The van der Waals surface area contributed by atoms with Crippen molar-refractivity contribution >= 4 is 0 Å².